The average molecular weight is 212 g/mol. The van der Waals surface area contributed by atoms with Crippen LogP contribution in [0.4, 0.5) is 8.78 Å². The average Bonchev–Trinajstić information content (AvgIpc) is 2.23. The second-order valence-electron chi connectivity index (χ2n) is 3.76. The van der Waals surface area contributed by atoms with Crippen LogP contribution in [-0.4, -0.2) is 11.1 Å². The van der Waals surface area contributed by atoms with Crippen molar-refractivity contribution in [3.05, 3.63) is 34.9 Å². The van der Waals surface area contributed by atoms with Crippen molar-refractivity contribution in [1.82, 2.24) is 0 Å². The third-order valence-corrected chi connectivity index (χ3v) is 2.86. The standard InChI is InChI=1S/C11H10F2O2/c12-9-3-4-10(13)8-5-6(11(14)15)1-2-7(8)9/h3-4,6H,1-2,5H2,(H,14,15). The van der Waals surface area contributed by atoms with E-state index in [1.807, 2.05) is 0 Å². The molecule has 1 unspecified atom stereocenters. The summed E-state index contributed by atoms with van der Waals surface area (Å²) in [6.07, 6.45) is 0.771. The number of aliphatic carboxylic acids is 1. The van der Waals surface area contributed by atoms with Gasteiger partial charge in [-0.05, 0) is 42.5 Å². The molecule has 1 aromatic carbocycles. The van der Waals surface area contributed by atoms with Crippen LogP contribution in [-0.2, 0) is 17.6 Å². The van der Waals surface area contributed by atoms with Crippen molar-refractivity contribution in [3.63, 3.8) is 0 Å². The van der Waals surface area contributed by atoms with E-state index >= 15 is 0 Å². The number of hydrogen-bond donors (Lipinski definition) is 1. The first-order valence-corrected chi connectivity index (χ1v) is 4.78. The van der Waals surface area contributed by atoms with E-state index in [1.165, 1.54) is 0 Å². The highest BCUT2D eigenvalue weighted by Crippen LogP contribution is 2.29. The van der Waals surface area contributed by atoms with E-state index in [9.17, 15) is 13.6 Å². The predicted molar refractivity (Wildman–Crippen MR) is 49.5 cm³/mol. The Hall–Kier alpha value is -1.45. The second-order valence-corrected chi connectivity index (χ2v) is 3.76. The quantitative estimate of drug-likeness (QED) is 0.774. The first kappa shape index (κ1) is 10.1. The van der Waals surface area contributed by atoms with Crippen molar-refractivity contribution in [1.29, 1.82) is 0 Å². The van der Waals surface area contributed by atoms with Crippen molar-refractivity contribution < 1.29 is 18.7 Å². The Balaban J connectivity index is 2.41. The molecule has 1 aliphatic carbocycles. The van der Waals surface area contributed by atoms with E-state index in [4.69, 9.17) is 5.11 Å². The minimum absolute atomic E-state index is 0.0915. The molecule has 0 fully saturated rings. The Morgan fingerprint density at radius 1 is 1.27 bits per heavy atom. The molecule has 1 atom stereocenters. The van der Waals surface area contributed by atoms with E-state index in [1.54, 1.807) is 0 Å². The van der Waals surface area contributed by atoms with Gasteiger partial charge >= 0.3 is 5.97 Å². The molecule has 1 aromatic rings. The Morgan fingerprint density at radius 3 is 2.47 bits per heavy atom. The van der Waals surface area contributed by atoms with Gasteiger partial charge in [0.1, 0.15) is 11.6 Å². The summed E-state index contributed by atoms with van der Waals surface area (Å²) >= 11 is 0. The normalized spacial score (nSPS) is 19.7. The maximum Gasteiger partial charge on any atom is 0.306 e. The molecule has 2 rings (SSSR count). The summed E-state index contributed by atoms with van der Waals surface area (Å²) in [6, 6.07) is 2.15. The third kappa shape index (κ3) is 1.71. The zero-order valence-corrected chi connectivity index (χ0v) is 7.96. The maximum absolute atomic E-state index is 13.3. The van der Waals surface area contributed by atoms with E-state index in [0.717, 1.165) is 12.1 Å². The Bertz CT molecular complexity index is 415. The summed E-state index contributed by atoms with van der Waals surface area (Å²) in [6.45, 7) is 0. The number of carboxylic acid groups (broad SMARTS) is 1. The van der Waals surface area contributed by atoms with Gasteiger partial charge in [0.2, 0.25) is 0 Å². The Labute approximate surface area is 85.5 Å². The first-order valence-electron chi connectivity index (χ1n) is 4.78. The van der Waals surface area contributed by atoms with Crippen LogP contribution in [0.25, 0.3) is 0 Å². The molecule has 0 bridgehead atoms. The van der Waals surface area contributed by atoms with Gasteiger partial charge in [-0.25, -0.2) is 8.78 Å². The van der Waals surface area contributed by atoms with Gasteiger partial charge in [0.15, 0.2) is 0 Å². The fraction of sp³-hybridized carbons (Fsp3) is 0.364. The second kappa shape index (κ2) is 3.61. The number of halogens is 2. The number of carbonyl (C=O) groups is 1. The fourth-order valence-corrected chi connectivity index (χ4v) is 2.00. The molecule has 4 heteroatoms. The largest absolute Gasteiger partial charge is 0.481 e. The topological polar surface area (TPSA) is 37.3 Å². The third-order valence-electron chi connectivity index (χ3n) is 2.86. The molecule has 0 saturated heterocycles. The van der Waals surface area contributed by atoms with Crippen molar-refractivity contribution in [2.24, 2.45) is 5.92 Å². The molecule has 1 N–H and O–H groups in total. The van der Waals surface area contributed by atoms with Crippen molar-refractivity contribution in [3.8, 4) is 0 Å². The summed E-state index contributed by atoms with van der Waals surface area (Å²) in [5.41, 5.74) is 0.571. The summed E-state index contributed by atoms with van der Waals surface area (Å²) in [5.74, 6) is -2.47. The van der Waals surface area contributed by atoms with Crippen LogP contribution in [0.1, 0.15) is 17.5 Å². The molecule has 0 amide bonds. The molecule has 15 heavy (non-hydrogen) atoms. The van der Waals surface area contributed by atoms with Gasteiger partial charge in [0.25, 0.3) is 0 Å². The number of benzene rings is 1. The van der Waals surface area contributed by atoms with Crippen LogP contribution in [0.2, 0.25) is 0 Å². The summed E-state index contributed by atoms with van der Waals surface area (Å²) in [7, 11) is 0. The van der Waals surface area contributed by atoms with Gasteiger partial charge in [-0.2, -0.15) is 0 Å². The van der Waals surface area contributed by atoms with E-state index in [2.05, 4.69) is 0 Å². The lowest BCUT2D eigenvalue weighted by Gasteiger charge is -2.22. The fourth-order valence-electron chi connectivity index (χ4n) is 2.00. The molecule has 80 valence electrons. The lowest BCUT2D eigenvalue weighted by atomic mass is 9.83. The van der Waals surface area contributed by atoms with E-state index in [-0.39, 0.29) is 12.0 Å². The maximum atomic E-state index is 13.3. The highest BCUT2D eigenvalue weighted by atomic mass is 19.1. The lowest BCUT2D eigenvalue weighted by Crippen LogP contribution is -2.23. The van der Waals surface area contributed by atoms with Gasteiger partial charge in [-0.3, -0.25) is 4.79 Å². The zero-order valence-electron chi connectivity index (χ0n) is 7.96. The molecule has 0 radical (unpaired) electrons. The van der Waals surface area contributed by atoms with Crippen molar-refractivity contribution in [2.75, 3.05) is 0 Å². The molecule has 0 heterocycles. The molecule has 2 nitrogen and oxygen atoms in total. The van der Waals surface area contributed by atoms with E-state index in [0.29, 0.717) is 18.4 Å². The zero-order chi connectivity index (χ0) is 11.0. The first-order chi connectivity index (χ1) is 7.09. The molecule has 0 aromatic heterocycles. The van der Waals surface area contributed by atoms with Crippen molar-refractivity contribution >= 4 is 5.97 Å². The van der Waals surface area contributed by atoms with Gasteiger partial charge in [-0.15, -0.1) is 0 Å². The highest BCUT2D eigenvalue weighted by molar-refractivity contribution is 5.71. The number of rotatable bonds is 1. The highest BCUT2D eigenvalue weighted by Gasteiger charge is 2.27. The number of fused-ring (bicyclic) bond motifs is 1. The summed E-state index contributed by atoms with van der Waals surface area (Å²) in [4.78, 5) is 10.7. The lowest BCUT2D eigenvalue weighted by molar-refractivity contribution is -0.142. The molecule has 0 saturated carbocycles. The van der Waals surface area contributed by atoms with Crippen LogP contribution in [0, 0.1) is 17.6 Å². The van der Waals surface area contributed by atoms with Crippen molar-refractivity contribution in [2.45, 2.75) is 19.3 Å². The molecular weight excluding hydrogens is 202 g/mol. The molecular formula is C11H10F2O2. The summed E-state index contributed by atoms with van der Waals surface area (Å²) in [5, 5.41) is 8.81. The molecule has 0 aliphatic heterocycles. The minimum atomic E-state index is -0.940. The number of hydrogen-bond acceptors (Lipinski definition) is 1. The Morgan fingerprint density at radius 2 is 1.87 bits per heavy atom. The van der Waals surface area contributed by atoms with E-state index < -0.39 is 23.5 Å². The predicted octanol–water partition coefficient (Wildman–Crippen LogP) is 2.15. The van der Waals surface area contributed by atoms with Gasteiger partial charge in [0, 0.05) is 0 Å². The van der Waals surface area contributed by atoms with Gasteiger partial charge < -0.3 is 5.11 Å². The Kier molecular flexibility index (Phi) is 2.42. The van der Waals surface area contributed by atoms with Crippen LogP contribution >= 0.6 is 0 Å². The number of carboxylic acids is 1. The SMILES string of the molecule is O=C(O)C1CCc2c(F)ccc(F)c2C1. The molecule has 1 aliphatic rings. The minimum Gasteiger partial charge on any atom is -0.481 e. The van der Waals surface area contributed by atoms with Crippen LogP contribution in [0.15, 0.2) is 12.1 Å². The monoisotopic (exact) mass is 212 g/mol. The van der Waals surface area contributed by atoms with Crippen LogP contribution in [0.5, 0.6) is 0 Å². The van der Waals surface area contributed by atoms with Gasteiger partial charge in [0.05, 0.1) is 5.92 Å². The molecule has 0 spiro atoms. The van der Waals surface area contributed by atoms with Crippen LogP contribution in [0.3, 0.4) is 0 Å². The smallest absolute Gasteiger partial charge is 0.306 e. The van der Waals surface area contributed by atoms with Gasteiger partial charge in [-0.1, -0.05) is 0 Å². The van der Waals surface area contributed by atoms with Crippen LogP contribution < -0.4 is 0 Å². The summed E-state index contributed by atoms with van der Waals surface area (Å²) < 4.78 is 26.6.